The average Bonchev–Trinajstić information content (AvgIpc) is 2.46. The molecule has 1 saturated heterocycles. The topological polar surface area (TPSA) is 27.3 Å². The van der Waals surface area contributed by atoms with E-state index in [-0.39, 0.29) is 0 Å². The molecule has 108 valence electrons. The van der Waals surface area contributed by atoms with Gasteiger partial charge in [-0.1, -0.05) is 17.7 Å². The molecular weight excluding hydrogens is 290 g/mol. The molecule has 2 N–H and O–H groups in total. The second-order valence-electron chi connectivity index (χ2n) is 4.83. The highest BCUT2D eigenvalue weighted by Gasteiger charge is 2.15. The van der Waals surface area contributed by atoms with Gasteiger partial charge in [0.25, 0.3) is 0 Å². The van der Waals surface area contributed by atoms with E-state index in [1.54, 1.807) is 6.08 Å². The Morgan fingerprint density at radius 1 is 1.35 bits per heavy atom. The zero-order valence-electron chi connectivity index (χ0n) is 11.5. The van der Waals surface area contributed by atoms with Crippen molar-refractivity contribution in [2.75, 3.05) is 29.9 Å². The molecule has 0 aliphatic carbocycles. The molecule has 1 aromatic rings. The number of anilines is 2. The highest BCUT2D eigenvalue weighted by Crippen LogP contribution is 2.31. The number of rotatable bonds is 4. The van der Waals surface area contributed by atoms with Crippen LogP contribution in [0.25, 0.3) is 0 Å². The van der Waals surface area contributed by atoms with Crippen molar-refractivity contribution in [2.24, 2.45) is 0 Å². The van der Waals surface area contributed by atoms with E-state index in [4.69, 9.17) is 23.8 Å². The lowest BCUT2D eigenvalue weighted by Gasteiger charge is -2.31. The number of hydrogen-bond acceptors (Lipinski definition) is 2. The van der Waals surface area contributed by atoms with Crippen LogP contribution in [0.2, 0.25) is 5.02 Å². The molecule has 1 aliphatic heterocycles. The molecule has 0 bridgehead atoms. The summed E-state index contributed by atoms with van der Waals surface area (Å²) in [5.74, 6) is 0. The van der Waals surface area contributed by atoms with Crippen molar-refractivity contribution < 1.29 is 0 Å². The van der Waals surface area contributed by atoms with Crippen molar-refractivity contribution in [1.29, 1.82) is 0 Å². The number of thiocarbonyl (C=S) groups is 1. The quantitative estimate of drug-likeness (QED) is 0.653. The number of benzene rings is 1. The van der Waals surface area contributed by atoms with Crippen LogP contribution in [-0.2, 0) is 0 Å². The third-order valence-electron chi connectivity index (χ3n) is 3.31. The van der Waals surface area contributed by atoms with Gasteiger partial charge in [0, 0.05) is 24.7 Å². The van der Waals surface area contributed by atoms with Crippen LogP contribution >= 0.6 is 23.8 Å². The van der Waals surface area contributed by atoms with Gasteiger partial charge >= 0.3 is 0 Å². The highest BCUT2D eigenvalue weighted by molar-refractivity contribution is 7.80. The van der Waals surface area contributed by atoms with Crippen LogP contribution in [0, 0.1) is 0 Å². The van der Waals surface area contributed by atoms with Gasteiger partial charge in [-0.25, -0.2) is 0 Å². The van der Waals surface area contributed by atoms with E-state index in [1.807, 2.05) is 12.1 Å². The molecule has 0 atom stereocenters. The zero-order chi connectivity index (χ0) is 14.4. The van der Waals surface area contributed by atoms with Crippen LogP contribution in [0.15, 0.2) is 30.9 Å². The predicted molar refractivity (Wildman–Crippen MR) is 91.9 cm³/mol. The number of nitrogens with zero attached hydrogens (tertiary/aromatic N) is 1. The Labute approximate surface area is 131 Å². The maximum atomic E-state index is 6.11. The third kappa shape index (κ3) is 4.12. The molecule has 3 nitrogen and oxygen atoms in total. The van der Waals surface area contributed by atoms with Gasteiger partial charge in [0.15, 0.2) is 5.11 Å². The second kappa shape index (κ2) is 7.50. The minimum atomic E-state index is 0.588. The normalized spacial score (nSPS) is 14.8. The SMILES string of the molecule is C=CCNC(=S)Nc1cc(Cl)ccc1N1CCCCC1. The van der Waals surface area contributed by atoms with E-state index in [0.717, 1.165) is 24.5 Å². The average molecular weight is 310 g/mol. The first kappa shape index (κ1) is 15.1. The van der Waals surface area contributed by atoms with Gasteiger partial charge in [0.2, 0.25) is 0 Å². The van der Waals surface area contributed by atoms with E-state index in [2.05, 4.69) is 28.2 Å². The van der Waals surface area contributed by atoms with Crippen LogP contribution in [-0.4, -0.2) is 24.7 Å². The number of halogens is 1. The lowest BCUT2D eigenvalue weighted by molar-refractivity contribution is 0.578. The Kier molecular flexibility index (Phi) is 5.68. The zero-order valence-corrected chi connectivity index (χ0v) is 13.1. The summed E-state index contributed by atoms with van der Waals surface area (Å²) in [6, 6.07) is 5.91. The van der Waals surface area contributed by atoms with Crippen LogP contribution in [0.5, 0.6) is 0 Å². The Bertz CT molecular complexity index is 484. The summed E-state index contributed by atoms with van der Waals surface area (Å²) in [5, 5.41) is 7.60. The summed E-state index contributed by atoms with van der Waals surface area (Å²) >= 11 is 11.4. The summed E-state index contributed by atoms with van der Waals surface area (Å²) in [7, 11) is 0. The summed E-state index contributed by atoms with van der Waals surface area (Å²) < 4.78 is 0. The van der Waals surface area contributed by atoms with E-state index < -0.39 is 0 Å². The Balaban J connectivity index is 2.14. The molecule has 0 unspecified atom stereocenters. The molecule has 1 aromatic carbocycles. The molecule has 0 saturated carbocycles. The Morgan fingerprint density at radius 3 is 2.80 bits per heavy atom. The van der Waals surface area contributed by atoms with Crippen molar-refractivity contribution in [2.45, 2.75) is 19.3 Å². The van der Waals surface area contributed by atoms with Gasteiger partial charge in [-0.05, 0) is 49.7 Å². The maximum Gasteiger partial charge on any atom is 0.171 e. The summed E-state index contributed by atoms with van der Waals surface area (Å²) in [6.07, 6.45) is 5.56. The van der Waals surface area contributed by atoms with Crippen LogP contribution < -0.4 is 15.5 Å². The predicted octanol–water partition coefficient (Wildman–Crippen LogP) is 3.80. The largest absolute Gasteiger partial charge is 0.370 e. The molecule has 0 radical (unpaired) electrons. The summed E-state index contributed by atoms with van der Waals surface area (Å²) in [5.41, 5.74) is 2.12. The first-order valence-electron chi connectivity index (χ1n) is 6.91. The second-order valence-corrected chi connectivity index (χ2v) is 5.68. The number of hydrogen-bond donors (Lipinski definition) is 2. The molecule has 1 heterocycles. The molecule has 2 rings (SSSR count). The molecule has 5 heteroatoms. The molecular formula is C15H20ClN3S. The van der Waals surface area contributed by atoms with Crippen molar-refractivity contribution in [3.05, 3.63) is 35.9 Å². The number of nitrogens with one attached hydrogen (secondary N) is 2. The molecule has 1 aliphatic rings. The molecule has 0 aromatic heterocycles. The Hall–Kier alpha value is -1.26. The molecule has 0 spiro atoms. The minimum absolute atomic E-state index is 0.588. The van der Waals surface area contributed by atoms with Gasteiger partial charge in [-0.2, -0.15) is 0 Å². The smallest absolute Gasteiger partial charge is 0.171 e. The van der Waals surface area contributed by atoms with Crippen LogP contribution in [0.4, 0.5) is 11.4 Å². The van der Waals surface area contributed by atoms with Gasteiger partial charge in [0.05, 0.1) is 11.4 Å². The maximum absolute atomic E-state index is 6.11. The molecule has 0 amide bonds. The van der Waals surface area contributed by atoms with Gasteiger partial charge in [0.1, 0.15) is 0 Å². The van der Waals surface area contributed by atoms with Crippen molar-refractivity contribution in [3.8, 4) is 0 Å². The lowest BCUT2D eigenvalue weighted by Crippen LogP contribution is -2.32. The highest BCUT2D eigenvalue weighted by atomic mass is 35.5. The minimum Gasteiger partial charge on any atom is -0.370 e. The Morgan fingerprint density at radius 2 is 2.10 bits per heavy atom. The fourth-order valence-corrected chi connectivity index (χ4v) is 2.72. The van der Waals surface area contributed by atoms with E-state index in [9.17, 15) is 0 Å². The number of piperidine rings is 1. The van der Waals surface area contributed by atoms with Crippen molar-refractivity contribution >= 4 is 40.3 Å². The lowest BCUT2D eigenvalue weighted by atomic mass is 10.1. The van der Waals surface area contributed by atoms with Gasteiger partial charge < -0.3 is 15.5 Å². The fraction of sp³-hybridized carbons (Fsp3) is 0.400. The molecule has 1 fully saturated rings. The van der Waals surface area contributed by atoms with Crippen molar-refractivity contribution in [1.82, 2.24) is 5.32 Å². The first-order chi connectivity index (χ1) is 9.70. The van der Waals surface area contributed by atoms with E-state index >= 15 is 0 Å². The van der Waals surface area contributed by atoms with E-state index in [1.165, 1.54) is 19.3 Å². The monoisotopic (exact) mass is 309 g/mol. The third-order valence-corrected chi connectivity index (χ3v) is 3.79. The molecule has 20 heavy (non-hydrogen) atoms. The standard InChI is InChI=1S/C15H20ClN3S/c1-2-8-17-15(20)18-13-11-12(16)6-7-14(13)19-9-4-3-5-10-19/h2,6-7,11H,1,3-5,8-10H2,(H2,17,18,20). The summed E-state index contributed by atoms with van der Waals surface area (Å²) in [6.45, 7) is 6.48. The van der Waals surface area contributed by atoms with Crippen molar-refractivity contribution in [3.63, 3.8) is 0 Å². The van der Waals surface area contributed by atoms with Crippen LogP contribution in [0.1, 0.15) is 19.3 Å². The fourth-order valence-electron chi connectivity index (χ4n) is 2.35. The first-order valence-corrected chi connectivity index (χ1v) is 7.69. The van der Waals surface area contributed by atoms with Crippen LogP contribution in [0.3, 0.4) is 0 Å². The van der Waals surface area contributed by atoms with Gasteiger partial charge in [-0.15, -0.1) is 6.58 Å². The van der Waals surface area contributed by atoms with Gasteiger partial charge in [-0.3, -0.25) is 0 Å². The van der Waals surface area contributed by atoms with E-state index in [0.29, 0.717) is 16.7 Å². The summed E-state index contributed by atoms with van der Waals surface area (Å²) in [4.78, 5) is 2.39.